The first-order valence-electron chi connectivity index (χ1n) is 9.35. The van der Waals surface area contributed by atoms with E-state index in [2.05, 4.69) is 16.0 Å². The number of hydrogen-bond donors (Lipinski definition) is 3. The molecule has 0 aromatic heterocycles. The van der Waals surface area contributed by atoms with Crippen molar-refractivity contribution < 1.29 is 23.9 Å². The largest absolute Gasteiger partial charge is 0.445 e. The van der Waals surface area contributed by atoms with Gasteiger partial charge in [-0.2, -0.15) is 0 Å². The number of benzene rings is 1. The first kappa shape index (κ1) is 23.1. The molecule has 1 unspecified atom stereocenters. The van der Waals surface area contributed by atoms with E-state index in [1.54, 1.807) is 6.92 Å². The fraction of sp³-hybridized carbons (Fsp3) is 0.500. The van der Waals surface area contributed by atoms with Gasteiger partial charge in [0.15, 0.2) is 0 Å². The van der Waals surface area contributed by atoms with Crippen LogP contribution in [0.1, 0.15) is 39.2 Å². The quantitative estimate of drug-likeness (QED) is 0.495. The molecule has 2 atom stereocenters. The molecule has 8 nitrogen and oxygen atoms in total. The topological polar surface area (TPSA) is 114 Å². The minimum absolute atomic E-state index is 0.0925. The average Bonchev–Trinajstić information content (AvgIpc) is 2.68. The van der Waals surface area contributed by atoms with E-state index < -0.39 is 30.0 Å². The number of nitrogens with one attached hydrogen (secondary N) is 3. The maximum Gasteiger partial charge on any atom is 0.408 e. The molecule has 0 radical (unpaired) electrons. The van der Waals surface area contributed by atoms with Crippen molar-refractivity contribution in [3.05, 3.63) is 35.9 Å². The molecule has 0 aliphatic rings. The van der Waals surface area contributed by atoms with Crippen LogP contribution in [0.4, 0.5) is 4.79 Å². The van der Waals surface area contributed by atoms with Crippen LogP contribution in [0.15, 0.2) is 30.3 Å². The molecular formula is C20H29N3O5. The summed E-state index contributed by atoms with van der Waals surface area (Å²) in [5, 5.41) is 7.52. The Morgan fingerprint density at radius 1 is 1.11 bits per heavy atom. The Hall–Kier alpha value is -2.90. The van der Waals surface area contributed by atoms with Crippen molar-refractivity contribution in [1.29, 1.82) is 0 Å². The van der Waals surface area contributed by atoms with E-state index in [0.717, 1.165) is 5.56 Å². The SMILES string of the molecule is CC[C@@H](C=O)NC(=O)CNC(=O)C(CC(C)C)NC(=O)OCc1ccccc1. The minimum atomic E-state index is -0.830. The van der Waals surface area contributed by atoms with E-state index >= 15 is 0 Å². The number of ether oxygens (including phenoxy) is 1. The Balaban J connectivity index is 2.53. The van der Waals surface area contributed by atoms with Crippen molar-refractivity contribution in [3.63, 3.8) is 0 Å². The van der Waals surface area contributed by atoms with Gasteiger partial charge in [-0.1, -0.05) is 51.1 Å². The van der Waals surface area contributed by atoms with Crippen LogP contribution in [0.25, 0.3) is 0 Å². The van der Waals surface area contributed by atoms with Crippen molar-refractivity contribution in [3.8, 4) is 0 Å². The number of carbonyl (C=O) groups excluding carboxylic acids is 4. The number of alkyl carbamates (subject to hydrolysis) is 1. The highest BCUT2D eigenvalue weighted by atomic mass is 16.5. The Bertz CT molecular complexity index is 649. The Labute approximate surface area is 165 Å². The van der Waals surface area contributed by atoms with Gasteiger partial charge in [-0.15, -0.1) is 0 Å². The number of carbonyl (C=O) groups is 4. The molecule has 1 aromatic rings. The molecule has 0 saturated carbocycles. The lowest BCUT2D eigenvalue weighted by Crippen LogP contribution is -2.50. The normalized spacial score (nSPS) is 12.6. The van der Waals surface area contributed by atoms with Crippen molar-refractivity contribution in [2.45, 2.75) is 52.3 Å². The monoisotopic (exact) mass is 391 g/mol. The van der Waals surface area contributed by atoms with E-state index in [0.29, 0.717) is 19.1 Å². The number of aldehydes is 1. The molecular weight excluding hydrogens is 362 g/mol. The maximum absolute atomic E-state index is 12.4. The Morgan fingerprint density at radius 2 is 1.79 bits per heavy atom. The summed E-state index contributed by atoms with van der Waals surface area (Å²) >= 11 is 0. The third kappa shape index (κ3) is 9.16. The van der Waals surface area contributed by atoms with E-state index in [1.165, 1.54) is 0 Å². The second-order valence-corrected chi connectivity index (χ2v) is 6.82. The van der Waals surface area contributed by atoms with Crippen LogP contribution in [0.2, 0.25) is 0 Å². The first-order chi connectivity index (χ1) is 13.3. The molecule has 1 aromatic carbocycles. The molecule has 0 spiro atoms. The van der Waals surface area contributed by atoms with E-state index in [1.807, 2.05) is 44.2 Å². The third-order valence-electron chi connectivity index (χ3n) is 3.90. The van der Waals surface area contributed by atoms with Gasteiger partial charge in [0, 0.05) is 0 Å². The molecule has 3 amide bonds. The van der Waals surface area contributed by atoms with Gasteiger partial charge in [0.2, 0.25) is 11.8 Å². The van der Waals surface area contributed by atoms with Gasteiger partial charge in [-0.3, -0.25) is 9.59 Å². The van der Waals surface area contributed by atoms with E-state index in [4.69, 9.17) is 4.74 Å². The molecule has 0 bridgehead atoms. The lowest BCUT2D eigenvalue weighted by Gasteiger charge is -2.20. The summed E-state index contributed by atoms with van der Waals surface area (Å²) in [5.74, 6) is -0.819. The molecule has 0 heterocycles. The maximum atomic E-state index is 12.4. The van der Waals surface area contributed by atoms with Crippen LogP contribution in [0.3, 0.4) is 0 Å². The molecule has 0 aliphatic heterocycles. The van der Waals surface area contributed by atoms with Gasteiger partial charge in [0.05, 0.1) is 12.6 Å². The molecule has 154 valence electrons. The van der Waals surface area contributed by atoms with Crippen LogP contribution in [-0.2, 0) is 25.7 Å². The molecule has 28 heavy (non-hydrogen) atoms. The number of hydrogen-bond acceptors (Lipinski definition) is 5. The summed E-state index contributed by atoms with van der Waals surface area (Å²) in [4.78, 5) is 47.0. The Morgan fingerprint density at radius 3 is 2.36 bits per heavy atom. The van der Waals surface area contributed by atoms with Crippen LogP contribution < -0.4 is 16.0 Å². The summed E-state index contributed by atoms with van der Waals surface area (Å²) in [6.45, 7) is 5.41. The second kappa shape index (κ2) is 12.5. The zero-order chi connectivity index (χ0) is 20.9. The molecule has 3 N–H and O–H groups in total. The predicted octanol–water partition coefficient (Wildman–Crippen LogP) is 1.54. The fourth-order valence-electron chi connectivity index (χ4n) is 2.39. The van der Waals surface area contributed by atoms with Crippen molar-refractivity contribution in [1.82, 2.24) is 16.0 Å². The zero-order valence-electron chi connectivity index (χ0n) is 16.6. The first-order valence-corrected chi connectivity index (χ1v) is 9.35. The molecule has 0 aliphatic carbocycles. The van der Waals surface area contributed by atoms with Crippen molar-refractivity contribution >= 4 is 24.2 Å². The van der Waals surface area contributed by atoms with Crippen molar-refractivity contribution in [2.75, 3.05) is 6.54 Å². The lowest BCUT2D eigenvalue weighted by molar-refractivity contribution is -0.128. The van der Waals surface area contributed by atoms with Crippen LogP contribution in [-0.4, -0.2) is 42.8 Å². The van der Waals surface area contributed by atoms with Gasteiger partial charge in [0.1, 0.15) is 18.9 Å². The summed E-state index contributed by atoms with van der Waals surface area (Å²) < 4.78 is 5.15. The zero-order valence-corrected chi connectivity index (χ0v) is 16.6. The van der Waals surface area contributed by atoms with Gasteiger partial charge < -0.3 is 25.5 Å². The third-order valence-corrected chi connectivity index (χ3v) is 3.90. The standard InChI is InChI=1S/C20H29N3O5/c1-4-16(12-24)22-18(25)11-21-19(26)17(10-14(2)3)23-20(27)28-13-15-8-6-5-7-9-15/h5-9,12,14,16-17H,4,10-11,13H2,1-3H3,(H,21,26)(H,22,25)(H,23,27)/t16-,17?/m0/s1. The average molecular weight is 391 g/mol. The van der Waals surface area contributed by atoms with Gasteiger partial charge in [0.25, 0.3) is 0 Å². The second-order valence-electron chi connectivity index (χ2n) is 6.82. The predicted molar refractivity (Wildman–Crippen MR) is 104 cm³/mol. The van der Waals surface area contributed by atoms with E-state index in [9.17, 15) is 19.2 Å². The summed E-state index contributed by atoms with van der Waals surface area (Å²) in [6, 6.07) is 7.78. The smallest absolute Gasteiger partial charge is 0.408 e. The van der Waals surface area contributed by atoms with E-state index in [-0.39, 0.29) is 19.1 Å². The van der Waals surface area contributed by atoms with Gasteiger partial charge in [-0.25, -0.2) is 4.79 Å². The summed E-state index contributed by atoms with van der Waals surface area (Å²) in [6.07, 6.45) is 0.792. The lowest BCUT2D eigenvalue weighted by atomic mass is 10.0. The minimum Gasteiger partial charge on any atom is -0.445 e. The van der Waals surface area contributed by atoms with Gasteiger partial charge in [-0.05, 0) is 24.3 Å². The highest BCUT2D eigenvalue weighted by molar-refractivity contribution is 5.90. The van der Waals surface area contributed by atoms with Crippen LogP contribution in [0, 0.1) is 5.92 Å². The summed E-state index contributed by atoms with van der Waals surface area (Å²) in [7, 11) is 0. The van der Waals surface area contributed by atoms with Crippen LogP contribution >= 0.6 is 0 Å². The molecule has 1 rings (SSSR count). The van der Waals surface area contributed by atoms with Gasteiger partial charge >= 0.3 is 6.09 Å². The Kier molecular flexibility index (Phi) is 10.3. The number of rotatable bonds is 11. The van der Waals surface area contributed by atoms with Crippen molar-refractivity contribution in [2.24, 2.45) is 5.92 Å². The summed E-state index contributed by atoms with van der Waals surface area (Å²) in [5.41, 5.74) is 0.833. The number of amides is 3. The highest BCUT2D eigenvalue weighted by Crippen LogP contribution is 2.06. The highest BCUT2D eigenvalue weighted by Gasteiger charge is 2.23. The fourth-order valence-corrected chi connectivity index (χ4v) is 2.39. The molecule has 0 saturated heterocycles. The van der Waals surface area contributed by atoms with Crippen LogP contribution in [0.5, 0.6) is 0 Å². The molecule has 8 heteroatoms. The molecule has 0 fully saturated rings.